The summed E-state index contributed by atoms with van der Waals surface area (Å²) in [7, 11) is 1.67. The molecule has 4 N–H and O–H groups in total. The molecule has 8 heteroatoms. The Morgan fingerprint density at radius 3 is 2.59 bits per heavy atom. The predicted octanol–water partition coefficient (Wildman–Crippen LogP) is 2.86. The van der Waals surface area contributed by atoms with E-state index in [0.29, 0.717) is 30.3 Å². The molecule has 1 fully saturated rings. The summed E-state index contributed by atoms with van der Waals surface area (Å²) in [5, 5.41) is 11.7. The topological polar surface area (TPSA) is 125 Å². The Balaban J connectivity index is 1.77. The molecule has 0 aliphatic carbocycles. The van der Waals surface area contributed by atoms with Crippen molar-refractivity contribution in [3.63, 3.8) is 0 Å². The molecule has 3 rings (SSSR count). The largest absolute Gasteiger partial charge is 0.496 e. The Morgan fingerprint density at radius 2 is 1.97 bits per heavy atom. The van der Waals surface area contributed by atoms with Crippen LogP contribution in [0.1, 0.15) is 42.3 Å². The van der Waals surface area contributed by atoms with E-state index in [4.69, 9.17) is 16.2 Å². The standard InChI is InChI=1S/C21H26N4O4/c1-29-20-5-3-2-4-16(20)14-8-10-24(11-9-14)18-7-6-15(12-19(18)25(27)28)17(22)13-21(23)26/h2-7,12,14,17H,8-11,13,22H2,1H3,(H2,23,26). The van der Waals surface area contributed by atoms with Crippen LogP contribution in [0.4, 0.5) is 11.4 Å². The summed E-state index contributed by atoms with van der Waals surface area (Å²) < 4.78 is 5.48. The van der Waals surface area contributed by atoms with Crippen LogP contribution >= 0.6 is 0 Å². The van der Waals surface area contributed by atoms with Gasteiger partial charge in [0.1, 0.15) is 11.4 Å². The van der Waals surface area contributed by atoms with Crippen LogP contribution in [0.5, 0.6) is 5.75 Å². The van der Waals surface area contributed by atoms with Crippen molar-refractivity contribution in [3.05, 3.63) is 63.7 Å². The number of anilines is 1. The van der Waals surface area contributed by atoms with Crippen LogP contribution in [-0.4, -0.2) is 31.0 Å². The molecule has 1 amide bonds. The molecule has 1 heterocycles. The van der Waals surface area contributed by atoms with Gasteiger partial charge in [-0.1, -0.05) is 24.3 Å². The summed E-state index contributed by atoms with van der Waals surface area (Å²) in [4.78, 5) is 24.4. The van der Waals surface area contributed by atoms with Crippen molar-refractivity contribution in [3.8, 4) is 5.75 Å². The summed E-state index contributed by atoms with van der Waals surface area (Å²) in [6, 6.07) is 12.2. The minimum absolute atomic E-state index is 0.00170. The predicted molar refractivity (Wildman–Crippen MR) is 111 cm³/mol. The first-order chi connectivity index (χ1) is 13.9. The second-order valence-electron chi connectivity index (χ2n) is 7.29. The number of nitro groups is 1. The number of amides is 1. The first-order valence-electron chi connectivity index (χ1n) is 9.60. The molecule has 8 nitrogen and oxygen atoms in total. The molecule has 0 aromatic heterocycles. The van der Waals surface area contributed by atoms with Crippen LogP contribution in [0.3, 0.4) is 0 Å². The molecule has 1 atom stereocenters. The van der Waals surface area contributed by atoms with Crippen molar-refractivity contribution in [1.29, 1.82) is 0 Å². The van der Waals surface area contributed by atoms with Crippen LogP contribution in [-0.2, 0) is 4.79 Å². The fourth-order valence-corrected chi connectivity index (χ4v) is 3.95. The number of nitrogens with zero attached hydrogens (tertiary/aromatic N) is 2. The molecule has 0 radical (unpaired) electrons. The maximum atomic E-state index is 11.7. The first kappa shape index (κ1) is 20.6. The van der Waals surface area contributed by atoms with Crippen LogP contribution in [0.15, 0.2) is 42.5 Å². The number of nitrogens with two attached hydrogens (primary N) is 2. The van der Waals surface area contributed by atoms with Gasteiger partial charge in [0.15, 0.2) is 0 Å². The number of carbonyl (C=O) groups excluding carboxylic acids is 1. The van der Waals surface area contributed by atoms with Crippen molar-refractivity contribution in [1.82, 2.24) is 0 Å². The Hall–Kier alpha value is -3.13. The van der Waals surface area contributed by atoms with E-state index in [1.165, 1.54) is 11.6 Å². The lowest BCUT2D eigenvalue weighted by Crippen LogP contribution is -2.33. The van der Waals surface area contributed by atoms with Gasteiger partial charge < -0.3 is 21.1 Å². The van der Waals surface area contributed by atoms with E-state index in [0.717, 1.165) is 18.6 Å². The van der Waals surface area contributed by atoms with Crippen molar-refractivity contribution < 1.29 is 14.5 Å². The zero-order valence-corrected chi connectivity index (χ0v) is 16.4. The second-order valence-corrected chi connectivity index (χ2v) is 7.29. The molecule has 154 valence electrons. The summed E-state index contributed by atoms with van der Waals surface area (Å²) in [6.07, 6.45) is 1.70. The fourth-order valence-electron chi connectivity index (χ4n) is 3.95. The molecule has 1 saturated heterocycles. The number of benzene rings is 2. The normalized spacial score (nSPS) is 15.7. The van der Waals surface area contributed by atoms with Gasteiger partial charge in [0.05, 0.1) is 12.0 Å². The number of nitro benzene ring substituents is 1. The van der Waals surface area contributed by atoms with E-state index in [1.807, 2.05) is 23.1 Å². The number of piperidine rings is 1. The molecule has 0 bridgehead atoms. The lowest BCUT2D eigenvalue weighted by Gasteiger charge is -2.34. The van der Waals surface area contributed by atoms with E-state index in [1.54, 1.807) is 19.2 Å². The Labute approximate surface area is 169 Å². The van der Waals surface area contributed by atoms with Gasteiger partial charge >= 0.3 is 0 Å². The highest BCUT2D eigenvalue weighted by Gasteiger charge is 2.27. The average Bonchev–Trinajstić information content (AvgIpc) is 2.73. The highest BCUT2D eigenvalue weighted by molar-refractivity contribution is 5.75. The molecular weight excluding hydrogens is 372 g/mol. The molecule has 1 aliphatic rings. The lowest BCUT2D eigenvalue weighted by molar-refractivity contribution is -0.384. The van der Waals surface area contributed by atoms with E-state index in [9.17, 15) is 14.9 Å². The summed E-state index contributed by atoms with van der Waals surface area (Å²) in [5.41, 5.74) is 13.4. The molecule has 2 aromatic rings. The van der Waals surface area contributed by atoms with Gasteiger partial charge in [0, 0.05) is 31.6 Å². The van der Waals surface area contributed by atoms with Crippen molar-refractivity contribution in [2.45, 2.75) is 31.2 Å². The maximum absolute atomic E-state index is 11.7. The van der Waals surface area contributed by atoms with Crippen LogP contribution in [0.25, 0.3) is 0 Å². The van der Waals surface area contributed by atoms with Crippen LogP contribution in [0, 0.1) is 10.1 Å². The third-order valence-corrected chi connectivity index (χ3v) is 5.46. The van der Waals surface area contributed by atoms with Gasteiger partial charge in [-0.25, -0.2) is 0 Å². The number of carbonyl (C=O) groups is 1. The summed E-state index contributed by atoms with van der Waals surface area (Å²) in [6.45, 7) is 1.41. The van der Waals surface area contributed by atoms with Crippen LogP contribution < -0.4 is 21.1 Å². The zero-order chi connectivity index (χ0) is 21.0. The fraction of sp³-hybridized carbons (Fsp3) is 0.381. The summed E-state index contributed by atoms with van der Waals surface area (Å²) in [5.74, 6) is 0.692. The molecule has 0 spiro atoms. The molecule has 29 heavy (non-hydrogen) atoms. The smallest absolute Gasteiger partial charge is 0.292 e. The molecule has 1 unspecified atom stereocenters. The zero-order valence-electron chi connectivity index (χ0n) is 16.4. The molecule has 0 saturated carbocycles. The van der Waals surface area contributed by atoms with E-state index >= 15 is 0 Å². The number of rotatable bonds is 7. The third-order valence-electron chi connectivity index (χ3n) is 5.46. The van der Waals surface area contributed by atoms with Gasteiger partial charge in [-0.05, 0) is 42.0 Å². The maximum Gasteiger partial charge on any atom is 0.292 e. The quantitative estimate of drug-likeness (QED) is 0.546. The van der Waals surface area contributed by atoms with E-state index < -0.39 is 16.9 Å². The molecule has 1 aliphatic heterocycles. The van der Waals surface area contributed by atoms with Crippen LogP contribution in [0.2, 0.25) is 0 Å². The van der Waals surface area contributed by atoms with Crippen molar-refractivity contribution >= 4 is 17.3 Å². The molecule has 2 aromatic carbocycles. The number of primary amides is 1. The van der Waals surface area contributed by atoms with Gasteiger partial charge in [0.2, 0.25) is 5.91 Å². The number of ether oxygens (including phenoxy) is 1. The number of methoxy groups -OCH3 is 1. The monoisotopic (exact) mass is 398 g/mol. The SMILES string of the molecule is COc1ccccc1C1CCN(c2ccc(C(N)CC(N)=O)cc2[N+](=O)[O-])CC1. The number of para-hydroxylation sites is 1. The first-order valence-corrected chi connectivity index (χ1v) is 9.60. The van der Waals surface area contributed by atoms with Crippen molar-refractivity contribution in [2.24, 2.45) is 11.5 Å². The lowest BCUT2D eigenvalue weighted by atomic mass is 9.88. The molecular formula is C21H26N4O4. The van der Waals surface area contributed by atoms with Crippen molar-refractivity contribution in [2.75, 3.05) is 25.1 Å². The van der Waals surface area contributed by atoms with Gasteiger partial charge in [-0.3, -0.25) is 14.9 Å². The Morgan fingerprint density at radius 1 is 1.28 bits per heavy atom. The highest BCUT2D eigenvalue weighted by atomic mass is 16.6. The third kappa shape index (κ3) is 4.65. The minimum atomic E-state index is -0.656. The van der Waals surface area contributed by atoms with E-state index in [2.05, 4.69) is 6.07 Å². The highest BCUT2D eigenvalue weighted by Crippen LogP contribution is 2.38. The van der Waals surface area contributed by atoms with Gasteiger partial charge in [0.25, 0.3) is 5.69 Å². The average molecular weight is 398 g/mol. The van der Waals surface area contributed by atoms with E-state index in [-0.39, 0.29) is 12.1 Å². The Kier molecular flexibility index (Phi) is 6.33. The van der Waals surface area contributed by atoms with Gasteiger partial charge in [-0.15, -0.1) is 0 Å². The minimum Gasteiger partial charge on any atom is -0.496 e. The number of hydrogen-bond acceptors (Lipinski definition) is 6. The second kappa shape index (κ2) is 8.91. The van der Waals surface area contributed by atoms with Gasteiger partial charge in [-0.2, -0.15) is 0 Å². The number of hydrogen-bond donors (Lipinski definition) is 2. The summed E-state index contributed by atoms with van der Waals surface area (Å²) >= 11 is 0. The Bertz CT molecular complexity index is 894.